The van der Waals surface area contributed by atoms with E-state index in [9.17, 15) is 0 Å². The summed E-state index contributed by atoms with van der Waals surface area (Å²) in [4.78, 5) is 2.63. The van der Waals surface area contributed by atoms with E-state index < -0.39 is 0 Å². The molecule has 0 aliphatic carbocycles. The molecule has 0 aromatic rings. The van der Waals surface area contributed by atoms with E-state index in [1.54, 1.807) is 0 Å². The summed E-state index contributed by atoms with van der Waals surface area (Å²) in [5.41, 5.74) is 6.05. The van der Waals surface area contributed by atoms with Crippen LogP contribution in [0.3, 0.4) is 0 Å². The van der Waals surface area contributed by atoms with E-state index in [0.29, 0.717) is 12.0 Å². The minimum atomic E-state index is 0.531. The Morgan fingerprint density at radius 2 is 1.89 bits per heavy atom. The minimum absolute atomic E-state index is 0.531. The number of nitrogens with zero attached hydrogens (tertiary/aromatic N) is 1. The smallest absolute Gasteiger partial charge is 0.0509 e. The van der Waals surface area contributed by atoms with Gasteiger partial charge in [0.1, 0.15) is 0 Å². The Bertz CT molecular complexity index is 185. The summed E-state index contributed by atoms with van der Waals surface area (Å²) in [5, 5.41) is 0. The fraction of sp³-hybridized carbons (Fsp3) is 1.00. The second-order valence-electron chi connectivity index (χ2n) is 5.52. The molecule has 0 saturated carbocycles. The van der Waals surface area contributed by atoms with Gasteiger partial charge >= 0.3 is 0 Å². The minimum Gasteiger partial charge on any atom is -0.381 e. The van der Waals surface area contributed by atoms with Gasteiger partial charge in [-0.1, -0.05) is 26.7 Å². The van der Waals surface area contributed by atoms with Crippen molar-refractivity contribution in [1.82, 2.24) is 4.90 Å². The molecular weight excluding hydrogens is 224 g/mol. The highest BCUT2D eigenvalue weighted by Crippen LogP contribution is 2.22. The SMILES string of the molecule is CCCCN(CCCC)C(CN)C1CCCOC1. The van der Waals surface area contributed by atoms with Gasteiger partial charge in [-0.2, -0.15) is 0 Å². The summed E-state index contributed by atoms with van der Waals surface area (Å²) in [5.74, 6) is 0.650. The largest absolute Gasteiger partial charge is 0.381 e. The van der Waals surface area contributed by atoms with E-state index in [1.165, 1.54) is 51.6 Å². The first kappa shape index (κ1) is 15.9. The molecule has 2 N–H and O–H groups in total. The van der Waals surface area contributed by atoms with Crippen LogP contribution in [0.4, 0.5) is 0 Å². The lowest BCUT2D eigenvalue weighted by atomic mass is 9.92. The van der Waals surface area contributed by atoms with Gasteiger partial charge in [0.15, 0.2) is 0 Å². The summed E-state index contributed by atoms with van der Waals surface area (Å²) in [6.45, 7) is 9.57. The van der Waals surface area contributed by atoms with Crippen LogP contribution in [0.2, 0.25) is 0 Å². The van der Waals surface area contributed by atoms with Crippen molar-refractivity contribution >= 4 is 0 Å². The monoisotopic (exact) mass is 256 g/mol. The Labute approximate surface area is 113 Å². The Balaban J connectivity index is 2.52. The van der Waals surface area contributed by atoms with Crippen LogP contribution in [-0.2, 0) is 4.74 Å². The zero-order chi connectivity index (χ0) is 13.2. The molecule has 0 bridgehead atoms. The number of ether oxygens (including phenoxy) is 1. The molecule has 0 aromatic heterocycles. The maximum absolute atomic E-state index is 6.05. The van der Waals surface area contributed by atoms with E-state index in [4.69, 9.17) is 10.5 Å². The maximum atomic E-state index is 6.05. The Hall–Kier alpha value is -0.120. The van der Waals surface area contributed by atoms with Crippen molar-refractivity contribution in [3.05, 3.63) is 0 Å². The van der Waals surface area contributed by atoms with Gasteiger partial charge in [-0.15, -0.1) is 0 Å². The Morgan fingerprint density at radius 3 is 2.33 bits per heavy atom. The maximum Gasteiger partial charge on any atom is 0.0509 e. The fourth-order valence-corrected chi connectivity index (χ4v) is 2.87. The van der Waals surface area contributed by atoms with Gasteiger partial charge in [0.25, 0.3) is 0 Å². The summed E-state index contributed by atoms with van der Waals surface area (Å²) >= 11 is 0. The molecule has 1 heterocycles. The van der Waals surface area contributed by atoms with Gasteiger partial charge in [0.2, 0.25) is 0 Å². The first-order valence-electron chi connectivity index (χ1n) is 7.85. The van der Waals surface area contributed by atoms with E-state index in [-0.39, 0.29) is 0 Å². The molecule has 108 valence electrons. The second-order valence-corrected chi connectivity index (χ2v) is 5.52. The molecule has 1 rings (SSSR count). The molecule has 2 atom stereocenters. The zero-order valence-corrected chi connectivity index (χ0v) is 12.4. The fourth-order valence-electron chi connectivity index (χ4n) is 2.87. The van der Waals surface area contributed by atoms with Gasteiger partial charge in [0, 0.05) is 19.2 Å². The lowest BCUT2D eigenvalue weighted by molar-refractivity contribution is 0.0104. The molecule has 0 amide bonds. The molecule has 1 aliphatic rings. The third-order valence-electron chi connectivity index (χ3n) is 4.05. The first-order valence-corrected chi connectivity index (χ1v) is 7.85. The van der Waals surface area contributed by atoms with Crippen molar-refractivity contribution in [2.24, 2.45) is 11.7 Å². The van der Waals surface area contributed by atoms with Crippen LogP contribution in [0.5, 0.6) is 0 Å². The molecular formula is C15H32N2O. The zero-order valence-electron chi connectivity index (χ0n) is 12.4. The van der Waals surface area contributed by atoms with Gasteiger partial charge in [-0.05, 0) is 44.7 Å². The van der Waals surface area contributed by atoms with Gasteiger partial charge in [0.05, 0.1) is 6.61 Å². The molecule has 2 unspecified atom stereocenters. The average Bonchev–Trinajstić information content (AvgIpc) is 2.43. The quantitative estimate of drug-likeness (QED) is 0.689. The van der Waals surface area contributed by atoms with Crippen LogP contribution in [0.15, 0.2) is 0 Å². The number of rotatable bonds is 9. The summed E-state index contributed by atoms with van der Waals surface area (Å²) in [6.07, 6.45) is 7.59. The average molecular weight is 256 g/mol. The Kier molecular flexibility index (Phi) is 8.64. The summed E-state index contributed by atoms with van der Waals surface area (Å²) < 4.78 is 5.64. The van der Waals surface area contributed by atoms with Gasteiger partial charge < -0.3 is 10.5 Å². The van der Waals surface area contributed by atoms with Crippen molar-refractivity contribution < 1.29 is 4.74 Å². The standard InChI is InChI=1S/C15H32N2O/c1-3-5-9-17(10-6-4-2)15(12-16)14-8-7-11-18-13-14/h14-15H,3-13,16H2,1-2H3. The van der Waals surface area contributed by atoms with Crippen LogP contribution in [0.25, 0.3) is 0 Å². The first-order chi connectivity index (χ1) is 8.83. The molecule has 0 radical (unpaired) electrons. The van der Waals surface area contributed by atoms with Crippen LogP contribution in [0.1, 0.15) is 52.4 Å². The normalized spacial score (nSPS) is 22.3. The van der Waals surface area contributed by atoms with Crippen molar-refractivity contribution in [2.75, 3.05) is 32.8 Å². The van der Waals surface area contributed by atoms with E-state index >= 15 is 0 Å². The molecule has 18 heavy (non-hydrogen) atoms. The van der Waals surface area contributed by atoms with Crippen LogP contribution in [-0.4, -0.2) is 43.8 Å². The number of nitrogens with two attached hydrogens (primary N) is 1. The number of unbranched alkanes of at least 4 members (excludes halogenated alkanes) is 2. The number of hydrogen-bond donors (Lipinski definition) is 1. The van der Waals surface area contributed by atoms with Crippen LogP contribution in [0, 0.1) is 5.92 Å². The third-order valence-corrected chi connectivity index (χ3v) is 4.05. The van der Waals surface area contributed by atoms with Crippen LogP contribution < -0.4 is 5.73 Å². The Morgan fingerprint density at radius 1 is 1.22 bits per heavy atom. The highest BCUT2D eigenvalue weighted by atomic mass is 16.5. The molecule has 0 aromatic carbocycles. The lowest BCUT2D eigenvalue weighted by Crippen LogP contribution is -2.48. The summed E-state index contributed by atoms with van der Waals surface area (Å²) in [6, 6.07) is 0.531. The molecule has 1 fully saturated rings. The lowest BCUT2D eigenvalue weighted by Gasteiger charge is -2.38. The van der Waals surface area contributed by atoms with Crippen molar-refractivity contribution in [1.29, 1.82) is 0 Å². The topological polar surface area (TPSA) is 38.5 Å². The predicted octanol–water partition coefficient (Wildman–Crippen LogP) is 2.64. The molecule has 3 heteroatoms. The molecule has 1 aliphatic heterocycles. The van der Waals surface area contributed by atoms with Crippen LogP contribution >= 0.6 is 0 Å². The van der Waals surface area contributed by atoms with Gasteiger partial charge in [-0.3, -0.25) is 4.90 Å². The summed E-state index contributed by atoms with van der Waals surface area (Å²) in [7, 11) is 0. The highest BCUT2D eigenvalue weighted by Gasteiger charge is 2.27. The van der Waals surface area contributed by atoms with E-state index in [1.807, 2.05) is 0 Å². The predicted molar refractivity (Wildman–Crippen MR) is 77.8 cm³/mol. The number of hydrogen-bond acceptors (Lipinski definition) is 3. The van der Waals surface area contributed by atoms with Crippen molar-refractivity contribution in [3.8, 4) is 0 Å². The highest BCUT2D eigenvalue weighted by molar-refractivity contribution is 4.82. The second kappa shape index (κ2) is 9.76. The molecule has 3 nitrogen and oxygen atoms in total. The van der Waals surface area contributed by atoms with Crippen molar-refractivity contribution in [2.45, 2.75) is 58.4 Å². The molecule has 1 saturated heterocycles. The van der Waals surface area contributed by atoms with Gasteiger partial charge in [-0.25, -0.2) is 0 Å². The van der Waals surface area contributed by atoms with E-state index in [2.05, 4.69) is 18.7 Å². The van der Waals surface area contributed by atoms with Crippen molar-refractivity contribution in [3.63, 3.8) is 0 Å². The van der Waals surface area contributed by atoms with E-state index in [0.717, 1.165) is 19.8 Å². The molecule has 0 spiro atoms. The third kappa shape index (κ3) is 5.25.